The van der Waals surface area contributed by atoms with Crippen LogP contribution in [0.4, 0.5) is 17.1 Å². The van der Waals surface area contributed by atoms with Crippen LogP contribution in [0.1, 0.15) is 200 Å². The van der Waals surface area contributed by atoms with Crippen LogP contribution in [-0.2, 0) is 22.7 Å². The van der Waals surface area contributed by atoms with Gasteiger partial charge in [0.25, 0.3) is 0 Å². The smallest absolute Gasteiger partial charge is 0.0547 e. The number of hydrogen-bond acceptors (Lipinski definition) is 1. The molecule has 0 N–H and O–H groups in total. The molecule has 0 spiro atoms. The third kappa shape index (κ3) is 10.4. The van der Waals surface area contributed by atoms with Crippen molar-refractivity contribution >= 4 is 38.9 Å². The monoisotopic (exact) mass is 1190 g/mol. The molecule has 0 atom stereocenters. The summed E-state index contributed by atoms with van der Waals surface area (Å²) >= 11 is 0. The van der Waals surface area contributed by atoms with Crippen LogP contribution in [-0.4, -0.2) is 4.57 Å². The van der Waals surface area contributed by atoms with Crippen molar-refractivity contribution < 1.29 is 0 Å². The van der Waals surface area contributed by atoms with Gasteiger partial charge in [0.2, 0.25) is 0 Å². The Balaban J connectivity index is 0.840. The standard InChI is InChI=1S/C89H94N2/c1-12-15-18-21-26-62-30-36-67(37-31-62)91-85-28-23-22-27-74(85)75-44-34-64(54-86(75)91)63-32-38-66(39-33-63)90(68-40-45-72-70-42-29-58(4)49-79(70)87(8,9)81(72)55-68)69-41-46-73-71-43-35-65(53-80(71)88(10,11)82(73)56-69)76-57-84-78(51-61(76)7)77-50-59(5)60(6)52-83(77)89(84,47-24-19-16-13-2)48-25-20-17-14-3/h22-23,27-46,49-57H,12-21,24-26,47-48H2,1-11H3. The van der Waals surface area contributed by atoms with E-state index < -0.39 is 0 Å². The molecular weight excluding hydrogens is 1100 g/mol. The average Bonchev–Trinajstić information content (AvgIpc) is 1.59. The van der Waals surface area contributed by atoms with Crippen LogP contribution in [0.2, 0.25) is 0 Å². The fourth-order valence-corrected chi connectivity index (χ4v) is 16.8. The van der Waals surface area contributed by atoms with Crippen LogP contribution < -0.4 is 4.90 Å². The Morgan fingerprint density at radius 2 is 0.846 bits per heavy atom. The summed E-state index contributed by atoms with van der Waals surface area (Å²) in [4.78, 5) is 2.53. The summed E-state index contributed by atoms with van der Waals surface area (Å²) in [6, 6.07) is 74.2. The molecule has 2 heteroatoms. The molecule has 3 aliphatic carbocycles. The van der Waals surface area contributed by atoms with E-state index in [0.717, 1.165) is 12.1 Å². The second-order valence-electron chi connectivity index (χ2n) is 28.9. The highest BCUT2D eigenvalue weighted by Gasteiger charge is 2.44. The molecule has 3 aliphatic rings. The molecule has 1 heterocycles. The van der Waals surface area contributed by atoms with E-state index >= 15 is 0 Å². The quantitative estimate of drug-likeness (QED) is 0.0651. The van der Waals surface area contributed by atoms with Crippen molar-refractivity contribution in [3.63, 3.8) is 0 Å². The highest BCUT2D eigenvalue weighted by molar-refractivity contribution is 6.10. The van der Waals surface area contributed by atoms with Crippen LogP contribution in [0, 0.1) is 27.7 Å². The van der Waals surface area contributed by atoms with E-state index in [9.17, 15) is 0 Å². The lowest BCUT2D eigenvalue weighted by atomic mass is 9.69. The molecule has 2 nitrogen and oxygen atoms in total. The molecular formula is C89H94N2. The number of anilines is 3. The number of nitrogens with zero attached hydrogens (tertiary/aromatic N) is 2. The lowest BCUT2D eigenvalue weighted by molar-refractivity contribution is 0.401. The molecule has 0 saturated carbocycles. The summed E-state index contributed by atoms with van der Waals surface area (Å²) in [7, 11) is 0. The zero-order valence-corrected chi connectivity index (χ0v) is 56.4. The zero-order chi connectivity index (χ0) is 62.9. The average molecular weight is 1190 g/mol. The Morgan fingerprint density at radius 3 is 1.48 bits per heavy atom. The van der Waals surface area contributed by atoms with E-state index in [2.05, 4.69) is 274 Å². The van der Waals surface area contributed by atoms with Crippen LogP contribution in [0.25, 0.3) is 83.1 Å². The predicted molar refractivity (Wildman–Crippen MR) is 392 cm³/mol. The lowest BCUT2D eigenvalue weighted by Gasteiger charge is -2.34. The molecule has 0 fully saturated rings. The third-order valence-electron chi connectivity index (χ3n) is 22.2. The fourth-order valence-electron chi connectivity index (χ4n) is 16.8. The molecule has 0 aliphatic heterocycles. The Labute approximate surface area is 544 Å². The Hall–Kier alpha value is -8.20. The van der Waals surface area contributed by atoms with Crippen molar-refractivity contribution in [3.8, 4) is 61.3 Å². The van der Waals surface area contributed by atoms with E-state index in [1.807, 2.05) is 0 Å². The highest BCUT2D eigenvalue weighted by atomic mass is 15.1. The van der Waals surface area contributed by atoms with E-state index in [1.165, 1.54) is 234 Å². The Morgan fingerprint density at radius 1 is 0.341 bits per heavy atom. The summed E-state index contributed by atoms with van der Waals surface area (Å²) in [6.07, 6.45) is 18.9. The van der Waals surface area contributed by atoms with Crippen molar-refractivity contribution in [2.45, 2.75) is 189 Å². The van der Waals surface area contributed by atoms with Gasteiger partial charge in [-0.1, -0.05) is 240 Å². The normalized spacial score (nSPS) is 14.4. The molecule has 1 aromatic heterocycles. The maximum atomic E-state index is 2.68. The van der Waals surface area contributed by atoms with Crippen molar-refractivity contribution in [1.29, 1.82) is 0 Å². The number of unbranched alkanes of at least 4 members (excludes halogenated alkanes) is 9. The number of hydrogen-bond donors (Lipinski definition) is 0. The molecule has 0 unspecified atom stereocenters. The summed E-state index contributed by atoms with van der Waals surface area (Å²) in [5, 5.41) is 2.56. The van der Waals surface area contributed by atoms with Gasteiger partial charge in [-0.05, 0) is 237 Å². The number of benzene rings is 10. The largest absolute Gasteiger partial charge is 0.310 e. The van der Waals surface area contributed by atoms with Crippen molar-refractivity contribution in [2.75, 3.05) is 4.90 Å². The Kier molecular flexibility index (Phi) is 16.0. The first-order chi connectivity index (χ1) is 44.1. The maximum absolute atomic E-state index is 2.68. The first-order valence-corrected chi connectivity index (χ1v) is 35.0. The van der Waals surface area contributed by atoms with Gasteiger partial charge >= 0.3 is 0 Å². The second kappa shape index (κ2) is 24.1. The molecule has 0 saturated heterocycles. The van der Waals surface area contributed by atoms with E-state index in [-0.39, 0.29) is 16.2 Å². The molecule has 91 heavy (non-hydrogen) atoms. The van der Waals surface area contributed by atoms with Gasteiger partial charge in [-0.25, -0.2) is 0 Å². The molecule has 0 amide bonds. The van der Waals surface area contributed by atoms with Gasteiger partial charge < -0.3 is 9.47 Å². The summed E-state index contributed by atoms with van der Waals surface area (Å²) < 4.78 is 2.47. The summed E-state index contributed by atoms with van der Waals surface area (Å²) in [5.41, 5.74) is 35.9. The van der Waals surface area contributed by atoms with Crippen LogP contribution >= 0.6 is 0 Å². The highest BCUT2D eigenvalue weighted by Crippen LogP contribution is 2.58. The van der Waals surface area contributed by atoms with Gasteiger partial charge in [-0.3, -0.25) is 0 Å². The number of aromatic nitrogens is 1. The maximum Gasteiger partial charge on any atom is 0.0547 e. The molecule has 14 rings (SSSR count). The SMILES string of the molecule is CCCCCCc1ccc(-n2c3ccccc3c3ccc(-c4ccc(N(c5ccc6c(c5)C(C)(C)c5cc(C)ccc5-6)c5ccc6c(c5)C(C)(C)c5cc(-c7cc8c(cc7C)-c7cc(C)c(C)cc7C8(CCCCCC)CCCCCC)ccc5-6)cc4)cc32)cc1. The summed E-state index contributed by atoms with van der Waals surface area (Å²) in [6.45, 7) is 26.0. The minimum absolute atomic E-state index is 0.0246. The lowest BCUT2D eigenvalue weighted by Crippen LogP contribution is -2.26. The number of rotatable bonds is 21. The predicted octanol–water partition coefficient (Wildman–Crippen LogP) is 25.8. The second-order valence-corrected chi connectivity index (χ2v) is 28.9. The minimum Gasteiger partial charge on any atom is -0.310 e. The van der Waals surface area contributed by atoms with Gasteiger partial charge in [0.1, 0.15) is 0 Å². The number of aryl methyl sites for hydroxylation is 5. The summed E-state index contributed by atoms with van der Waals surface area (Å²) in [5.74, 6) is 0. The van der Waals surface area contributed by atoms with Gasteiger partial charge in [-0.15, -0.1) is 0 Å². The number of para-hydroxylation sites is 1. The van der Waals surface area contributed by atoms with Crippen molar-refractivity contribution in [3.05, 3.63) is 249 Å². The van der Waals surface area contributed by atoms with Gasteiger partial charge in [0.15, 0.2) is 0 Å². The van der Waals surface area contributed by atoms with Crippen LogP contribution in [0.3, 0.4) is 0 Å². The van der Waals surface area contributed by atoms with Crippen molar-refractivity contribution in [1.82, 2.24) is 4.57 Å². The van der Waals surface area contributed by atoms with Gasteiger partial charge in [0.05, 0.1) is 11.0 Å². The van der Waals surface area contributed by atoms with Crippen LogP contribution in [0.15, 0.2) is 188 Å². The first-order valence-electron chi connectivity index (χ1n) is 35.0. The molecule has 0 bridgehead atoms. The van der Waals surface area contributed by atoms with Crippen LogP contribution in [0.5, 0.6) is 0 Å². The number of fused-ring (bicyclic) bond motifs is 12. The van der Waals surface area contributed by atoms with E-state index in [1.54, 1.807) is 11.1 Å². The van der Waals surface area contributed by atoms with Gasteiger partial charge in [-0.2, -0.15) is 0 Å². The first kappa shape index (κ1) is 60.4. The van der Waals surface area contributed by atoms with E-state index in [0.29, 0.717) is 0 Å². The third-order valence-corrected chi connectivity index (χ3v) is 22.2. The zero-order valence-electron chi connectivity index (χ0n) is 56.4. The van der Waals surface area contributed by atoms with Gasteiger partial charge in [0, 0.05) is 49.8 Å². The minimum atomic E-state index is -0.249. The molecule has 10 aromatic carbocycles. The van der Waals surface area contributed by atoms with Crippen molar-refractivity contribution in [2.24, 2.45) is 0 Å². The van der Waals surface area contributed by atoms with E-state index in [4.69, 9.17) is 0 Å². The molecule has 11 aromatic rings. The topological polar surface area (TPSA) is 8.17 Å². The fraction of sp³-hybridized carbons (Fsp3) is 0.326. The molecule has 0 radical (unpaired) electrons. The Bertz CT molecular complexity index is 4560. The molecule has 460 valence electrons.